The van der Waals surface area contributed by atoms with Gasteiger partial charge < -0.3 is 10.1 Å². The summed E-state index contributed by atoms with van der Waals surface area (Å²) >= 11 is 0. The lowest BCUT2D eigenvalue weighted by atomic mass is 10.1. The second-order valence-electron chi connectivity index (χ2n) is 4.60. The third-order valence-corrected chi connectivity index (χ3v) is 4.85. The van der Waals surface area contributed by atoms with Crippen LogP contribution in [0.3, 0.4) is 0 Å². The SMILES string of the molecule is CCCS(=O)(=O)CCNC(C)c1ccc(OC)cc1. The minimum absolute atomic E-state index is 0.128. The van der Waals surface area contributed by atoms with Crippen LogP contribution in [0.1, 0.15) is 31.9 Å². The molecule has 5 heteroatoms. The fourth-order valence-electron chi connectivity index (χ4n) is 1.85. The Labute approximate surface area is 116 Å². The van der Waals surface area contributed by atoms with Crippen molar-refractivity contribution in [3.63, 3.8) is 0 Å². The molecule has 0 radical (unpaired) electrons. The Hall–Kier alpha value is -1.07. The van der Waals surface area contributed by atoms with Gasteiger partial charge in [-0.3, -0.25) is 0 Å². The highest BCUT2D eigenvalue weighted by molar-refractivity contribution is 7.91. The van der Waals surface area contributed by atoms with E-state index in [1.807, 2.05) is 38.1 Å². The van der Waals surface area contributed by atoms with E-state index < -0.39 is 9.84 Å². The van der Waals surface area contributed by atoms with Crippen LogP contribution < -0.4 is 10.1 Å². The normalized spacial score (nSPS) is 13.2. The van der Waals surface area contributed by atoms with Gasteiger partial charge in [0.25, 0.3) is 0 Å². The fourth-order valence-corrected chi connectivity index (χ4v) is 3.11. The lowest BCUT2D eigenvalue weighted by Crippen LogP contribution is -2.26. The molecule has 1 N–H and O–H groups in total. The monoisotopic (exact) mass is 285 g/mol. The molecule has 0 fully saturated rings. The van der Waals surface area contributed by atoms with Crippen molar-refractivity contribution in [3.8, 4) is 5.75 Å². The number of nitrogens with one attached hydrogen (secondary N) is 1. The van der Waals surface area contributed by atoms with Crippen LogP contribution in [0.25, 0.3) is 0 Å². The van der Waals surface area contributed by atoms with Crippen LogP contribution in [0.15, 0.2) is 24.3 Å². The number of methoxy groups -OCH3 is 1. The van der Waals surface area contributed by atoms with E-state index >= 15 is 0 Å². The average Bonchev–Trinajstić information content (AvgIpc) is 2.38. The molecule has 1 aromatic rings. The van der Waals surface area contributed by atoms with Gasteiger partial charge in [0.15, 0.2) is 9.84 Å². The van der Waals surface area contributed by atoms with E-state index in [2.05, 4.69) is 5.32 Å². The molecule has 4 nitrogen and oxygen atoms in total. The van der Waals surface area contributed by atoms with Crippen LogP contribution in [0.4, 0.5) is 0 Å². The number of rotatable bonds is 8. The van der Waals surface area contributed by atoms with E-state index in [1.165, 1.54) is 0 Å². The van der Waals surface area contributed by atoms with Crippen molar-refractivity contribution in [1.82, 2.24) is 5.32 Å². The molecule has 0 bridgehead atoms. The largest absolute Gasteiger partial charge is 0.497 e. The molecule has 0 aromatic heterocycles. The molecule has 1 rings (SSSR count). The van der Waals surface area contributed by atoms with E-state index in [0.29, 0.717) is 13.0 Å². The van der Waals surface area contributed by atoms with Gasteiger partial charge >= 0.3 is 0 Å². The first kappa shape index (κ1) is 16.0. The van der Waals surface area contributed by atoms with E-state index in [0.717, 1.165) is 11.3 Å². The zero-order valence-corrected chi connectivity index (χ0v) is 12.7. The smallest absolute Gasteiger partial charge is 0.151 e. The average molecular weight is 285 g/mol. The Morgan fingerprint density at radius 2 is 1.84 bits per heavy atom. The minimum atomic E-state index is -2.90. The van der Waals surface area contributed by atoms with Crippen LogP contribution >= 0.6 is 0 Å². The summed E-state index contributed by atoms with van der Waals surface area (Å²) in [6, 6.07) is 7.90. The summed E-state index contributed by atoms with van der Waals surface area (Å²) in [5.41, 5.74) is 1.12. The van der Waals surface area contributed by atoms with Crippen LogP contribution in [-0.4, -0.2) is 33.6 Å². The Kier molecular flexibility index (Phi) is 6.31. The lowest BCUT2D eigenvalue weighted by molar-refractivity contribution is 0.414. The second-order valence-corrected chi connectivity index (χ2v) is 6.90. The van der Waals surface area contributed by atoms with Gasteiger partial charge in [-0.2, -0.15) is 0 Å². The zero-order valence-electron chi connectivity index (χ0n) is 11.8. The van der Waals surface area contributed by atoms with Crippen LogP contribution in [0.5, 0.6) is 5.75 Å². The van der Waals surface area contributed by atoms with Gasteiger partial charge in [0.2, 0.25) is 0 Å². The molecule has 0 heterocycles. The molecule has 1 atom stereocenters. The molecule has 0 aliphatic carbocycles. The van der Waals surface area contributed by atoms with Crippen molar-refractivity contribution < 1.29 is 13.2 Å². The third-order valence-electron chi connectivity index (χ3n) is 2.99. The van der Waals surface area contributed by atoms with Gasteiger partial charge in [-0.25, -0.2) is 8.42 Å². The summed E-state index contributed by atoms with van der Waals surface area (Å²) < 4.78 is 28.3. The van der Waals surface area contributed by atoms with E-state index in [1.54, 1.807) is 7.11 Å². The van der Waals surface area contributed by atoms with Gasteiger partial charge in [-0.05, 0) is 31.0 Å². The topological polar surface area (TPSA) is 55.4 Å². The maximum absolute atomic E-state index is 11.6. The Bertz CT molecular complexity index is 468. The zero-order chi connectivity index (χ0) is 14.3. The Morgan fingerprint density at radius 1 is 1.21 bits per heavy atom. The molecule has 0 aliphatic heterocycles. The molecule has 108 valence electrons. The number of hydrogen-bond donors (Lipinski definition) is 1. The molecule has 0 aliphatic rings. The second kappa shape index (κ2) is 7.50. The maximum Gasteiger partial charge on any atom is 0.151 e. The first-order valence-corrected chi connectivity index (χ1v) is 8.38. The molecule has 19 heavy (non-hydrogen) atoms. The van der Waals surface area contributed by atoms with Crippen molar-refractivity contribution in [2.24, 2.45) is 0 Å². The number of sulfone groups is 1. The van der Waals surface area contributed by atoms with Crippen molar-refractivity contribution in [1.29, 1.82) is 0 Å². The summed E-state index contributed by atoms with van der Waals surface area (Å²) in [6.07, 6.45) is 0.677. The number of ether oxygens (including phenoxy) is 1. The van der Waals surface area contributed by atoms with Gasteiger partial charge in [-0.1, -0.05) is 19.1 Å². The van der Waals surface area contributed by atoms with E-state index in [-0.39, 0.29) is 17.5 Å². The molecule has 0 saturated carbocycles. The predicted octanol–water partition coefficient (Wildman–Crippen LogP) is 2.17. The first-order valence-electron chi connectivity index (χ1n) is 6.56. The van der Waals surface area contributed by atoms with Crippen molar-refractivity contribution in [2.45, 2.75) is 26.3 Å². The quantitative estimate of drug-likeness (QED) is 0.795. The fraction of sp³-hybridized carbons (Fsp3) is 0.571. The number of hydrogen-bond acceptors (Lipinski definition) is 4. The third kappa shape index (κ3) is 5.61. The summed E-state index contributed by atoms with van der Waals surface area (Å²) in [4.78, 5) is 0. The minimum Gasteiger partial charge on any atom is -0.497 e. The molecule has 1 unspecified atom stereocenters. The maximum atomic E-state index is 11.6. The number of benzene rings is 1. The van der Waals surface area contributed by atoms with Crippen molar-refractivity contribution in [2.75, 3.05) is 25.2 Å². The standard InChI is InChI=1S/C14H23NO3S/c1-4-10-19(16,17)11-9-15-12(2)13-5-7-14(18-3)8-6-13/h5-8,12,15H,4,9-11H2,1-3H3. The molecular formula is C14H23NO3S. The van der Waals surface area contributed by atoms with Crippen LogP contribution in [0.2, 0.25) is 0 Å². The molecule has 0 spiro atoms. The summed E-state index contributed by atoms with van der Waals surface area (Å²) in [5, 5.41) is 3.23. The highest BCUT2D eigenvalue weighted by atomic mass is 32.2. The summed E-state index contributed by atoms with van der Waals surface area (Å²) in [7, 11) is -1.27. The highest BCUT2D eigenvalue weighted by Crippen LogP contribution is 2.16. The summed E-state index contributed by atoms with van der Waals surface area (Å²) in [5.74, 6) is 1.29. The summed E-state index contributed by atoms with van der Waals surface area (Å²) in [6.45, 7) is 4.38. The Morgan fingerprint density at radius 3 is 2.37 bits per heavy atom. The van der Waals surface area contributed by atoms with Crippen LogP contribution in [-0.2, 0) is 9.84 Å². The van der Waals surface area contributed by atoms with Crippen molar-refractivity contribution in [3.05, 3.63) is 29.8 Å². The van der Waals surface area contributed by atoms with Gasteiger partial charge in [0.05, 0.1) is 12.9 Å². The molecule has 1 aromatic carbocycles. The van der Waals surface area contributed by atoms with Crippen LogP contribution in [0, 0.1) is 0 Å². The van der Waals surface area contributed by atoms with E-state index in [4.69, 9.17) is 4.74 Å². The highest BCUT2D eigenvalue weighted by Gasteiger charge is 2.10. The van der Waals surface area contributed by atoms with Gasteiger partial charge in [0, 0.05) is 18.3 Å². The lowest BCUT2D eigenvalue weighted by Gasteiger charge is -2.14. The van der Waals surface area contributed by atoms with Crippen molar-refractivity contribution >= 4 is 9.84 Å². The predicted molar refractivity (Wildman–Crippen MR) is 78.4 cm³/mol. The Balaban J connectivity index is 2.44. The van der Waals surface area contributed by atoms with Gasteiger partial charge in [-0.15, -0.1) is 0 Å². The van der Waals surface area contributed by atoms with Gasteiger partial charge in [0.1, 0.15) is 5.75 Å². The molecule has 0 saturated heterocycles. The molecular weight excluding hydrogens is 262 g/mol. The molecule has 0 amide bonds. The van der Waals surface area contributed by atoms with E-state index in [9.17, 15) is 8.42 Å². The first-order chi connectivity index (χ1) is 8.98.